The summed E-state index contributed by atoms with van der Waals surface area (Å²) in [4.78, 5) is 8.43. The minimum Gasteiger partial charge on any atom is -0.370 e. The summed E-state index contributed by atoms with van der Waals surface area (Å²) in [5, 5.41) is 10.0. The summed E-state index contributed by atoms with van der Waals surface area (Å²) >= 11 is 0. The molecule has 1 aliphatic rings. The van der Waals surface area contributed by atoms with Gasteiger partial charge in [-0.2, -0.15) is 0 Å². The van der Waals surface area contributed by atoms with E-state index in [0.717, 1.165) is 30.6 Å². The van der Waals surface area contributed by atoms with Gasteiger partial charge >= 0.3 is 0 Å². The molecule has 0 radical (unpaired) electrons. The van der Waals surface area contributed by atoms with Gasteiger partial charge in [-0.1, -0.05) is 0 Å². The second-order valence-corrected chi connectivity index (χ2v) is 5.16. The number of nitrogens with zero attached hydrogens (tertiary/aromatic N) is 2. The Morgan fingerprint density at radius 2 is 2.22 bits per heavy atom. The zero-order valence-corrected chi connectivity index (χ0v) is 11.2. The van der Waals surface area contributed by atoms with Crippen molar-refractivity contribution >= 4 is 11.6 Å². The Morgan fingerprint density at radius 1 is 1.39 bits per heavy atom. The van der Waals surface area contributed by atoms with Gasteiger partial charge in [0.1, 0.15) is 18.0 Å². The maximum Gasteiger partial charge on any atom is 0.131 e. The minimum atomic E-state index is 0.386. The number of aromatic nitrogens is 2. The molecule has 0 bridgehead atoms. The molecule has 1 fully saturated rings. The maximum absolute atomic E-state index is 4.23. The summed E-state index contributed by atoms with van der Waals surface area (Å²) in [7, 11) is 0. The molecule has 5 nitrogen and oxygen atoms in total. The van der Waals surface area contributed by atoms with Crippen molar-refractivity contribution < 1.29 is 0 Å². The number of anilines is 2. The van der Waals surface area contributed by atoms with Crippen LogP contribution < -0.4 is 16.0 Å². The molecule has 0 spiro atoms. The van der Waals surface area contributed by atoms with Crippen LogP contribution in [-0.4, -0.2) is 35.6 Å². The predicted molar refractivity (Wildman–Crippen MR) is 74.9 cm³/mol. The second-order valence-electron chi connectivity index (χ2n) is 5.16. The molecule has 1 aromatic heterocycles. The average Bonchev–Trinajstić information content (AvgIpc) is 2.82. The highest BCUT2D eigenvalue weighted by Crippen LogP contribution is 2.13. The fourth-order valence-corrected chi connectivity index (χ4v) is 2.19. The summed E-state index contributed by atoms with van der Waals surface area (Å²) in [5.74, 6) is 2.59. The summed E-state index contributed by atoms with van der Waals surface area (Å²) in [6.07, 6.45) is 4.10. The van der Waals surface area contributed by atoms with E-state index in [4.69, 9.17) is 0 Å². The lowest BCUT2D eigenvalue weighted by molar-refractivity contribution is 0.549. The molecule has 1 aromatic rings. The Kier molecular flexibility index (Phi) is 4.75. The molecule has 2 rings (SSSR count). The number of hydrogen-bond acceptors (Lipinski definition) is 5. The lowest BCUT2D eigenvalue weighted by atomic mass is 10.1. The maximum atomic E-state index is 4.23. The molecule has 100 valence electrons. The van der Waals surface area contributed by atoms with E-state index in [0.29, 0.717) is 6.04 Å². The fraction of sp³-hybridized carbons (Fsp3) is 0.692. The standard InChI is InChI=1S/C13H23N5/c1-10(2)18-13-7-12(16-9-17-13)15-6-4-11-3-5-14-8-11/h7,9-11,14H,3-6,8H2,1-2H3,(H2,15,16,17,18). The van der Waals surface area contributed by atoms with Crippen molar-refractivity contribution in [3.8, 4) is 0 Å². The molecule has 3 N–H and O–H groups in total. The molecule has 1 saturated heterocycles. The number of rotatable bonds is 6. The third-order valence-corrected chi connectivity index (χ3v) is 3.12. The Labute approximate surface area is 109 Å². The van der Waals surface area contributed by atoms with Gasteiger partial charge < -0.3 is 16.0 Å². The Morgan fingerprint density at radius 3 is 2.94 bits per heavy atom. The van der Waals surface area contributed by atoms with E-state index in [2.05, 4.69) is 39.8 Å². The Balaban J connectivity index is 1.77. The van der Waals surface area contributed by atoms with Gasteiger partial charge in [-0.05, 0) is 45.7 Å². The van der Waals surface area contributed by atoms with Gasteiger partial charge in [0, 0.05) is 18.7 Å². The zero-order chi connectivity index (χ0) is 12.8. The predicted octanol–water partition coefficient (Wildman–Crippen LogP) is 1.71. The van der Waals surface area contributed by atoms with Crippen LogP contribution in [0.3, 0.4) is 0 Å². The summed E-state index contributed by atoms with van der Waals surface area (Å²) < 4.78 is 0. The third kappa shape index (κ3) is 4.14. The monoisotopic (exact) mass is 249 g/mol. The molecule has 1 atom stereocenters. The molecule has 2 heterocycles. The van der Waals surface area contributed by atoms with E-state index in [1.54, 1.807) is 6.33 Å². The van der Waals surface area contributed by atoms with Gasteiger partial charge in [0.25, 0.3) is 0 Å². The van der Waals surface area contributed by atoms with Crippen LogP contribution in [0.5, 0.6) is 0 Å². The Bertz CT molecular complexity index is 360. The third-order valence-electron chi connectivity index (χ3n) is 3.12. The first-order valence-electron chi connectivity index (χ1n) is 6.77. The van der Waals surface area contributed by atoms with Crippen molar-refractivity contribution in [3.05, 3.63) is 12.4 Å². The van der Waals surface area contributed by atoms with E-state index in [1.807, 2.05) is 6.07 Å². The van der Waals surface area contributed by atoms with Gasteiger partial charge in [0.2, 0.25) is 0 Å². The zero-order valence-electron chi connectivity index (χ0n) is 11.2. The normalized spacial score (nSPS) is 19.2. The van der Waals surface area contributed by atoms with E-state index in [9.17, 15) is 0 Å². The van der Waals surface area contributed by atoms with Gasteiger partial charge in [-0.3, -0.25) is 0 Å². The van der Waals surface area contributed by atoms with Crippen LogP contribution in [0.15, 0.2) is 12.4 Å². The molecule has 0 amide bonds. The van der Waals surface area contributed by atoms with Crippen LogP contribution in [0.1, 0.15) is 26.7 Å². The van der Waals surface area contributed by atoms with Crippen molar-refractivity contribution in [3.63, 3.8) is 0 Å². The lowest BCUT2D eigenvalue weighted by Crippen LogP contribution is -2.14. The smallest absolute Gasteiger partial charge is 0.131 e. The molecule has 0 aliphatic carbocycles. The van der Waals surface area contributed by atoms with Crippen molar-refractivity contribution in [2.75, 3.05) is 30.3 Å². The van der Waals surface area contributed by atoms with Gasteiger partial charge in [-0.25, -0.2) is 9.97 Å². The second kappa shape index (κ2) is 6.54. The van der Waals surface area contributed by atoms with Crippen LogP contribution in [0, 0.1) is 5.92 Å². The van der Waals surface area contributed by atoms with Crippen molar-refractivity contribution in [2.24, 2.45) is 5.92 Å². The van der Waals surface area contributed by atoms with Crippen LogP contribution >= 0.6 is 0 Å². The van der Waals surface area contributed by atoms with E-state index < -0.39 is 0 Å². The van der Waals surface area contributed by atoms with Crippen molar-refractivity contribution in [1.29, 1.82) is 0 Å². The highest BCUT2D eigenvalue weighted by Gasteiger charge is 2.13. The van der Waals surface area contributed by atoms with Gasteiger partial charge in [-0.15, -0.1) is 0 Å². The van der Waals surface area contributed by atoms with Crippen LogP contribution in [0.25, 0.3) is 0 Å². The first-order valence-corrected chi connectivity index (χ1v) is 6.77. The first kappa shape index (κ1) is 13.1. The molecule has 1 aliphatic heterocycles. The fourth-order valence-electron chi connectivity index (χ4n) is 2.19. The van der Waals surface area contributed by atoms with Gasteiger partial charge in [0.05, 0.1) is 0 Å². The highest BCUT2D eigenvalue weighted by molar-refractivity contribution is 5.46. The van der Waals surface area contributed by atoms with Gasteiger partial charge in [0.15, 0.2) is 0 Å². The quantitative estimate of drug-likeness (QED) is 0.716. The van der Waals surface area contributed by atoms with E-state index in [1.165, 1.54) is 19.4 Å². The Hall–Kier alpha value is -1.36. The largest absolute Gasteiger partial charge is 0.370 e. The average molecular weight is 249 g/mol. The van der Waals surface area contributed by atoms with E-state index in [-0.39, 0.29) is 0 Å². The minimum absolute atomic E-state index is 0.386. The molecule has 1 unspecified atom stereocenters. The molecular formula is C13H23N5. The highest BCUT2D eigenvalue weighted by atomic mass is 15.1. The molecule has 18 heavy (non-hydrogen) atoms. The summed E-state index contributed by atoms with van der Waals surface area (Å²) in [6.45, 7) is 7.50. The first-order chi connectivity index (χ1) is 8.74. The molecule has 0 aromatic carbocycles. The van der Waals surface area contributed by atoms with Crippen molar-refractivity contribution in [2.45, 2.75) is 32.7 Å². The van der Waals surface area contributed by atoms with Crippen molar-refractivity contribution in [1.82, 2.24) is 15.3 Å². The lowest BCUT2D eigenvalue weighted by Gasteiger charge is -2.12. The molecule has 0 saturated carbocycles. The van der Waals surface area contributed by atoms with Crippen LogP contribution in [0.4, 0.5) is 11.6 Å². The van der Waals surface area contributed by atoms with E-state index >= 15 is 0 Å². The summed E-state index contributed by atoms with van der Waals surface area (Å²) in [5.41, 5.74) is 0. The topological polar surface area (TPSA) is 61.9 Å². The van der Waals surface area contributed by atoms with Crippen LogP contribution in [-0.2, 0) is 0 Å². The molecule has 5 heteroatoms. The van der Waals surface area contributed by atoms with Crippen LogP contribution in [0.2, 0.25) is 0 Å². The number of nitrogens with one attached hydrogen (secondary N) is 3. The molecular weight excluding hydrogens is 226 g/mol. The number of hydrogen-bond donors (Lipinski definition) is 3. The summed E-state index contributed by atoms with van der Waals surface area (Å²) in [6, 6.07) is 2.35. The SMILES string of the molecule is CC(C)Nc1cc(NCCC2CCNC2)ncn1.